The van der Waals surface area contributed by atoms with Crippen LogP contribution in [0, 0.1) is 5.82 Å². The lowest BCUT2D eigenvalue weighted by molar-refractivity contribution is -0.137. The number of anilines is 3. The summed E-state index contributed by atoms with van der Waals surface area (Å²) in [5.41, 5.74) is 5.15. The van der Waals surface area contributed by atoms with Gasteiger partial charge in [-0.3, -0.25) is 24.5 Å². The molecule has 2 N–H and O–H groups in total. The molecule has 280 valence electrons. The summed E-state index contributed by atoms with van der Waals surface area (Å²) in [5, 5.41) is 10.5. The fourth-order valence-corrected chi connectivity index (χ4v) is 8.19. The van der Waals surface area contributed by atoms with Crippen molar-refractivity contribution in [2.45, 2.75) is 44.3 Å². The molecule has 3 saturated heterocycles. The molecule has 55 heavy (non-hydrogen) atoms. The molecule has 5 aromatic rings. The topological polar surface area (TPSA) is 148 Å². The predicted octanol–water partition coefficient (Wildman–Crippen LogP) is 3.79. The van der Waals surface area contributed by atoms with E-state index in [2.05, 4.69) is 25.4 Å². The summed E-state index contributed by atoms with van der Waals surface area (Å²) in [4.78, 5) is 67.6. The van der Waals surface area contributed by atoms with Crippen LogP contribution in [0.25, 0.3) is 17.0 Å². The first-order valence-electron chi connectivity index (χ1n) is 18.7. The van der Waals surface area contributed by atoms with Crippen molar-refractivity contribution in [2.24, 2.45) is 0 Å². The van der Waals surface area contributed by atoms with Gasteiger partial charge in [-0.05, 0) is 85.0 Å². The van der Waals surface area contributed by atoms with Crippen molar-refractivity contribution >= 4 is 46.6 Å². The Bertz CT molecular complexity index is 2340. The van der Waals surface area contributed by atoms with Crippen LogP contribution < -0.4 is 20.4 Å². The van der Waals surface area contributed by atoms with Crippen LogP contribution in [-0.4, -0.2) is 98.3 Å². The average molecular weight is 743 g/mol. The Labute approximate surface area is 315 Å². The number of nitrogens with one attached hydrogen (secondary N) is 2. The van der Waals surface area contributed by atoms with Gasteiger partial charge in [0, 0.05) is 56.9 Å². The van der Waals surface area contributed by atoms with Crippen LogP contribution in [-0.2, 0) is 20.9 Å². The third kappa shape index (κ3) is 6.59. The van der Waals surface area contributed by atoms with Crippen LogP contribution in [0.5, 0.6) is 0 Å². The van der Waals surface area contributed by atoms with E-state index in [0.29, 0.717) is 49.5 Å². The lowest BCUT2D eigenvalue weighted by Gasteiger charge is -2.35. The smallest absolute Gasteiger partial charge is 0.255 e. The van der Waals surface area contributed by atoms with Gasteiger partial charge in [-0.25, -0.2) is 18.9 Å². The lowest BCUT2D eigenvalue weighted by Crippen LogP contribution is -2.52. The largest absolute Gasteiger partial charge is 0.376 e. The van der Waals surface area contributed by atoms with E-state index < -0.39 is 11.9 Å². The minimum atomic E-state index is -0.675. The van der Waals surface area contributed by atoms with Crippen molar-refractivity contribution in [3.05, 3.63) is 102 Å². The van der Waals surface area contributed by atoms with E-state index in [-0.39, 0.29) is 49.1 Å². The average Bonchev–Trinajstić information content (AvgIpc) is 3.94. The Morgan fingerprint density at radius 3 is 2.56 bits per heavy atom. The quantitative estimate of drug-likeness (QED) is 0.225. The highest BCUT2D eigenvalue weighted by Crippen LogP contribution is 2.36. The lowest BCUT2D eigenvalue weighted by atomic mass is 10.0. The van der Waals surface area contributed by atoms with Gasteiger partial charge in [0.15, 0.2) is 5.65 Å². The Balaban J connectivity index is 0.823. The van der Waals surface area contributed by atoms with E-state index in [0.717, 1.165) is 53.5 Å². The number of imidazole rings is 1. The standard InChI is InChI=1S/C40H39FN10O4/c41-27-5-1-4-25(20-27)31-7-3-15-49(31)36-13-12-34-43-22-33(51(34)46-36)30-6-2-8-35(44-30)47-16-18-48(19-17-47)38(53)23-42-28-9-10-29-26(21-28)24-50(40(29)55)32-11-14-37(52)45-39(32)54/h1-2,4-6,8-10,12-13,20-22,31-32,42H,3,7,11,14-19,23-24H2,(H,45,52,54). The Morgan fingerprint density at radius 2 is 1.73 bits per heavy atom. The first-order chi connectivity index (χ1) is 26.8. The molecule has 15 heteroatoms. The molecule has 2 atom stereocenters. The summed E-state index contributed by atoms with van der Waals surface area (Å²) in [6.45, 7) is 3.50. The maximum atomic E-state index is 14.1. The van der Waals surface area contributed by atoms with Gasteiger partial charge in [0.05, 0.1) is 24.5 Å². The molecule has 0 saturated carbocycles. The van der Waals surface area contributed by atoms with Crippen LogP contribution in [0.2, 0.25) is 0 Å². The van der Waals surface area contributed by atoms with E-state index in [1.54, 1.807) is 30.5 Å². The van der Waals surface area contributed by atoms with Gasteiger partial charge in [-0.2, -0.15) is 0 Å². The highest BCUT2D eigenvalue weighted by Gasteiger charge is 2.39. The van der Waals surface area contributed by atoms with Crippen molar-refractivity contribution in [2.75, 3.05) is 54.4 Å². The zero-order chi connectivity index (χ0) is 37.6. The number of piperidine rings is 1. The molecule has 0 bridgehead atoms. The first-order valence-corrected chi connectivity index (χ1v) is 18.7. The number of pyridine rings is 1. The molecule has 2 aromatic carbocycles. The fraction of sp³-hybridized carbons (Fsp3) is 0.325. The van der Waals surface area contributed by atoms with Gasteiger partial charge in [0.2, 0.25) is 17.7 Å². The number of fused-ring (bicyclic) bond motifs is 2. The number of aromatic nitrogens is 4. The molecule has 14 nitrogen and oxygen atoms in total. The van der Waals surface area contributed by atoms with Gasteiger partial charge in [-0.15, -0.1) is 5.10 Å². The van der Waals surface area contributed by atoms with Crippen LogP contribution in [0.1, 0.15) is 53.2 Å². The molecule has 4 amide bonds. The molecule has 3 fully saturated rings. The van der Waals surface area contributed by atoms with Crippen molar-refractivity contribution in [1.29, 1.82) is 0 Å². The van der Waals surface area contributed by atoms with Gasteiger partial charge >= 0.3 is 0 Å². The normalized spacial score (nSPS) is 20.0. The SMILES string of the molecule is O=C1CCC(N2Cc3cc(NCC(=O)N4CCN(c5cccc(-c6cnc7ccc(N8CCCC8c8cccc(F)c8)nn67)n5)CC4)ccc3C2=O)C(=O)N1. The molecule has 0 spiro atoms. The van der Waals surface area contributed by atoms with Crippen molar-refractivity contribution < 1.29 is 23.6 Å². The number of carbonyl (C=O) groups excluding carboxylic acids is 4. The molecule has 2 unspecified atom stereocenters. The second-order valence-corrected chi connectivity index (χ2v) is 14.4. The van der Waals surface area contributed by atoms with Crippen LogP contribution in [0.15, 0.2) is 79.0 Å². The number of imide groups is 1. The van der Waals surface area contributed by atoms with Crippen LogP contribution in [0.4, 0.5) is 21.7 Å². The summed E-state index contributed by atoms with van der Waals surface area (Å²) in [6, 6.07) is 21.3. The van der Waals surface area contributed by atoms with Gasteiger partial charge in [0.25, 0.3) is 5.91 Å². The zero-order valence-corrected chi connectivity index (χ0v) is 30.0. The van der Waals surface area contributed by atoms with E-state index in [4.69, 9.17) is 10.1 Å². The molecule has 4 aliphatic rings. The summed E-state index contributed by atoms with van der Waals surface area (Å²) in [7, 11) is 0. The van der Waals surface area contributed by atoms with Crippen molar-refractivity contribution in [1.82, 2.24) is 34.7 Å². The molecule has 0 aliphatic carbocycles. The Hall–Kier alpha value is -6.38. The summed E-state index contributed by atoms with van der Waals surface area (Å²) in [6.07, 6.45) is 4.20. The minimum Gasteiger partial charge on any atom is -0.376 e. The van der Waals surface area contributed by atoms with Gasteiger partial charge < -0.3 is 24.9 Å². The highest BCUT2D eigenvalue weighted by molar-refractivity contribution is 6.05. The molecule has 0 radical (unpaired) electrons. The number of piperazine rings is 1. The van der Waals surface area contributed by atoms with Crippen LogP contribution >= 0.6 is 0 Å². The number of nitrogens with zero attached hydrogens (tertiary/aromatic N) is 8. The van der Waals surface area contributed by atoms with Crippen LogP contribution in [0.3, 0.4) is 0 Å². The van der Waals surface area contributed by atoms with E-state index >= 15 is 0 Å². The number of rotatable bonds is 8. The van der Waals surface area contributed by atoms with E-state index in [1.165, 1.54) is 11.0 Å². The minimum absolute atomic E-state index is 0.0339. The zero-order valence-electron chi connectivity index (χ0n) is 30.0. The molecular formula is C40H39FN10O4. The molecule has 3 aromatic heterocycles. The number of halogens is 1. The first kappa shape index (κ1) is 34.4. The molecule has 9 rings (SSSR count). The third-order valence-corrected chi connectivity index (χ3v) is 11.0. The number of amides is 4. The maximum absolute atomic E-state index is 14.1. The molecule has 7 heterocycles. The highest BCUT2D eigenvalue weighted by atomic mass is 19.1. The number of hydrogen-bond acceptors (Lipinski definition) is 10. The number of carbonyl (C=O) groups is 4. The predicted molar refractivity (Wildman–Crippen MR) is 202 cm³/mol. The monoisotopic (exact) mass is 742 g/mol. The number of benzene rings is 2. The van der Waals surface area contributed by atoms with Gasteiger partial charge in [-0.1, -0.05) is 18.2 Å². The third-order valence-electron chi connectivity index (χ3n) is 11.0. The van der Waals surface area contributed by atoms with Crippen molar-refractivity contribution in [3.63, 3.8) is 0 Å². The molecular weight excluding hydrogens is 704 g/mol. The Kier molecular flexibility index (Phi) is 8.83. The van der Waals surface area contributed by atoms with E-state index in [1.807, 2.05) is 51.9 Å². The second kappa shape index (κ2) is 14.1. The van der Waals surface area contributed by atoms with Crippen molar-refractivity contribution in [3.8, 4) is 11.4 Å². The van der Waals surface area contributed by atoms with E-state index in [9.17, 15) is 23.6 Å². The fourth-order valence-electron chi connectivity index (χ4n) is 8.19. The summed E-state index contributed by atoms with van der Waals surface area (Å²) in [5.74, 6) is 0.330. The maximum Gasteiger partial charge on any atom is 0.255 e. The summed E-state index contributed by atoms with van der Waals surface area (Å²) >= 11 is 0. The van der Waals surface area contributed by atoms with Gasteiger partial charge in [0.1, 0.15) is 29.2 Å². The molecule has 4 aliphatic heterocycles. The number of hydrogen-bond donors (Lipinski definition) is 2. The Morgan fingerprint density at radius 1 is 0.873 bits per heavy atom. The summed E-state index contributed by atoms with van der Waals surface area (Å²) < 4.78 is 15.9. The second-order valence-electron chi connectivity index (χ2n) is 14.4.